The van der Waals surface area contributed by atoms with E-state index in [2.05, 4.69) is 33.0 Å². The van der Waals surface area contributed by atoms with Crippen molar-refractivity contribution in [2.75, 3.05) is 0 Å². The van der Waals surface area contributed by atoms with Crippen molar-refractivity contribution >= 4 is 6.41 Å². The van der Waals surface area contributed by atoms with Gasteiger partial charge in [-0.25, -0.2) is 0 Å². The van der Waals surface area contributed by atoms with Crippen LogP contribution in [-0.4, -0.2) is 11.9 Å². The van der Waals surface area contributed by atoms with Crippen molar-refractivity contribution in [1.29, 1.82) is 0 Å². The number of rotatable bonds is 3. The van der Waals surface area contributed by atoms with Crippen LogP contribution in [0.15, 0.2) is 0 Å². The van der Waals surface area contributed by atoms with Gasteiger partial charge in [-0.2, -0.15) is 0 Å². The van der Waals surface area contributed by atoms with Gasteiger partial charge in [0.05, 0.1) is 0 Å². The number of carbonyl (C=O) groups excluding carboxylic acids is 1. The molecule has 3 saturated carbocycles. The highest BCUT2D eigenvalue weighted by molar-refractivity contribution is 5.48. The van der Waals surface area contributed by atoms with Crippen LogP contribution in [-0.2, 0) is 4.79 Å². The first-order valence-electron chi connectivity index (χ1n) is 7.64. The van der Waals surface area contributed by atoms with Gasteiger partial charge in [0.25, 0.3) is 0 Å². The fourth-order valence-electron chi connectivity index (χ4n) is 6.08. The molecule has 0 radical (unpaired) electrons. The Morgan fingerprint density at radius 3 is 2.67 bits per heavy atom. The second-order valence-electron chi connectivity index (χ2n) is 7.89. The predicted octanol–water partition coefficient (Wildman–Crippen LogP) is 3.22. The van der Waals surface area contributed by atoms with Gasteiger partial charge in [-0.05, 0) is 67.6 Å². The smallest absolute Gasteiger partial charge is 0.207 e. The molecular formula is C16H27NO. The Kier molecular flexibility index (Phi) is 2.60. The van der Waals surface area contributed by atoms with Crippen LogP contribution < -0.4 is 5.32 Å². The van der Waals surface area contributed by atoms with Gasteiger partial charge in [0.2, 0.25) is 6.41 Å². The maximum Gasteiger partial charge on any atom is 0.207 e. The zero-order chi connectivity index (χ0) is 13.1. The average Bonchev–Trinajstić information content (AvgIpc) is 2.67. The van der Waals surface area contributed by atoms with E-state index in [0.29, 0.717) is 11.3 Å². The molecule has 2 nitrogen and oxygen atoms in total. The molecule has 0 aromatic heterocycles. The monoisotopic (exact) mass is 249 g/mol. The summed E-state index contributed by atoms with van der Waals surface area (Å²) in [6, 6.07) is 0. The summed E-state index contributed by atoms with van der Waals surface area (Å²) in [5.74, 6) is 4.30. The van der Waals surface area contributed by atoms with Gasteiger partial charge in [0.15, 0.2) is 0 Å². The standard InChI is InChI=1S/C16H27NO/c1-10(2)12-8-15(3)13-5-6-16(4,17-9-18)14(15)7-11(12)13/h9-14H,5-8H2,1-4H3,(H,17,18)/t11?,12?,13?,14?,15?,16-/m0/s1. The molecule has 4 bridgehead atoms. The Morgan fingerprint density at radius 1 is 1.33 bits per heavy atom. The molecule has 1 N–H and O–H groups in total. The molecule has 0 aliphatic heterocycles. The van der Waals surface area contributed by atoms with E-state index >= 15 is 0 Å². The summed E-state index contributed by atoms with van der Waals surface area (Å²) in [5, 5.41) is 3.16. The number of hydrogen-bond acceptors (Lipinski definition) is 1. The highest BCUT2D eigenvalue weighted by Crippen LogP contribution is 2.71. The molecule has 0 aromatic rings. The molecule has 102 valence electrons. The summed E-state index contributed by atoms with van der Waals surface area (Å²) in [5.41, 5.74) is 0.548. The average molecular weight is 249 g/mol. The summed E-state index contributed by atoms with van der Waals surface area (Å²) in [6.07, 6.45) is 6.16. The van der Waals surface area contributed by atoms with Crippen molar-refractivity contribution in [2.45, 2.75) is 58.9 Å². The van der Waals surface area contributed by atoms with Crippen LogP contribution in [0.3, 0.4) is 0 Å². The second kappa shape index (κ2) is 3.74. The van der Waals surface area contributed by atoms with E-state index in [1.807, 2.05) is 0 Å². The van der Waals surface area contributed by atoms with Crippen molar-refractivity contribution in [3.63, 3.8) is 0 Å². The third-order valence-corrected chi connectivity index (χ3v) is 6.88. The summed E-state index contributed by atoms with van der Waals surface area (Å²) >= 11 is 0. The van der Waals surface area contributed by atoms with E-state index < -0.39 is 0 Å². The van der Waals surface area contributed by atoms with Gasteiger partial charge < -0.3 is 5.32 Å². The van der Waals surface area contributed by atoms with E-state index in [9.17, 15) is 4.79 Å². The molecule has 3 rings (SSSR count). The van der Waals surface area contributed by atoms with Crippen molar-refractivity contribution in [1.82, 2.24) is 5.32 Å². The number of amides is 1. The van der Waals surface area contributed by atoms with E-state index in [1.165, 1.54) is 25.7 Å². The van der Waals surface area contributed by atoms with E-state index in [-0.39, 0.29) is 5.54 Å². The lowest BCUT2D eigenvalue weighted by Crippen LogP contribution is -2.56. The molecule has 1 amide bonds. The van der Waals surface area contributed by atoms with Gasteiger partial charge in [-0.15, -0.1) is 0 Å². The molecule has 6 atom stereocenters. The highest BCUT2D eigenvalue weighted by atomic mass is 16.1. The molecule has 0 heterocycles. The van der Waals surface area contributed by atoms with Crippen LogP contribution in [0.2, 0.25) is 0 Å². The van der Waals surface area contributed by atoms with Crippen molar-refractivity contribution in [2.24, 2.45) is 35.0 Å². The fraction of sp³-hybridized carbons (Fsp3) is 0.938. The lowest BCUT2D eigenvalue weighted by Gasteiger charge is -2.50. The number of carbonyl (C=O) groups is 1. The minimum atomic E-state index is 0.0592. The Hall–Kier alpha value is -0.530. The Bertz CT molecular complexity index is 366. The minimum Gasteiger partial charge on any atom is -0.353 e. The van der Waals surface area contributed by atoms with Gasteiger partial charge in [-0.1, -0.05) is 20.8 Å². The first-order chi connectivity index (χ1) is 8.42. The Morgan fingerprint density at radius 2 is 2.06 bits per heavy atom. The van der Waals surface area contributed by atoms with Crippen LogP contribution in [0.5, 0.6) is 0 Å². The SMILES string of the molecule is CC(C)C1CC2(C)C3CC[C@](C)(NC=O)C2CC13. The number of nitrogens with one attached hydrogen (secondary N) is 1. The number of hydrogen-bond donors (Lipinski definition) is 1. The Balaban J connectivity index is 1.91. The van der Waals surface area contributed by atoms with E-state index in [4.69, 9.17) is 0 Å². The molecule has 0 spiro atoms. The molecule has 0 aromatic carbocycles. The zero-order valence-corrected chi connectivity index (χ0v) is 12.2. The molecule has 3 aliphatic carbocycles. The van der Waals surface area contributed by atoms with Gasteiger partial charge >= 0.3 is 0 Å². The van der Waals surface area contributed by atoms with Crippen LogP contribution >= 0.6 is 0 Å². The van der Waals surface area contributed by atoms with Gasteiger partial charge in [-0.3, -0.25) is 4.79 Å². The third kappa shape index (κ3) is 1.38. The van der Waals surface area contributed by atoms with E-state index in [1.54, 1.807) is 0 Å². The van der Waals surface area contributed by atoms with Gasteiger partial charge in [0, 0.05) is 5.54 Å². The first kappa shape index (κ1) is 12.5. The molecule has 2 heteroatoms. The zero-order valence-electron chi connectivity index (χ0n) is 12.2. The maximum atomic E-state index is 10.9. The summed E-state index contributed by atoms with van der Waals surface area (Å²) in [6.45, 7) is 9.57. The summed E-state index contributed by atoms with van der Waals surface area (Å²) < 4.78 is 0. The van der Waals surface area contributed by atoms with Crippen LogP contribution in [0.4, 0.5) is 0 Å². The largest absolute Gasteiger partial charge is 0.353 e. The molecular weight excluding hydrogens is 222 g/mol. The first-order valence-corrected chi connectivity index (χ1v) is 7.64. The lowest BCUT2D eigenvalue weighted by molar-refractivity contribution is -0.113. The van der Waals surface area contributed by atoms with Crippen molar-refractivity contribution < 1.29 is 4.79 Å². The maximum absolute atomic E-state index is 10.9. The topological polar surface area (TPSA) is 29.1 Å². The third-order valence-electron chi connectivity index (χ3n) is 6.88. The predicted molar refractivity (Wildman–Crippen MR) is 73.0 cm³/mol. The van der Waals surface area contributed by atoms with Crippen molar-refractivity contribution in [3.05, 3.63) is 0 Å². The summed E-state index contributed by atoms with van der Waals surface area (Å²) in [7, 11) is 0. The molecule has 5 unspecified atom stereocenters. The lowest BCUT2D eigenvalue weighted by atomic mass is 9.58. The highest BCUT2D eigenvalue weighted by Gasteiger charge is 2.66. The van der Waals surface area contributed by atoms with Crippen LogP contribution in [0, 0.1) is 35.0 Å². The summed E-state index contributed by atoms with van der Waals surface area (Å²) in [4.78, 5) is 10.9. The second-order valence-corrected chi connectivity index (χ2v) is 7.89. The molecule has 3 aliphatic rings. The normalized spacial score (nSPS) is 53.8. The van der Waals surface area contributed by atoms with Crippen LogP contribution in [0.1, 0.15) is 53.4 Å². The Labute approximate surface area is 111 Å². The van der Waals surface area contributed by atoms with Crippen molar-refractivity contribution in [3.8, 4) is 0 Å². The fourth-order valence-corrected chi connectivity index (χ4v) is 6.08. The van der Waals surface area contributed by atoms with Crippen LogP contribution in [0.25, 0.3) is 0 Å². The van der Waals surface area contributed by atoms with E-state index in [0.717, 1.165) is 30.1 Å². The quantitative estimate of drug-likeness (QED) is 0.765. The molecule has 3 fully saturated rings. The minimum absolute atomic E-state index is 0.0592. The molecule has 18 heavy (non-hydrogen) atoms. The van der Waals surface area contributed by atoms with Gasteiger partial charge in [0.1, 0.15) is 0 Å². The molecule has 0 saturated heterocycles.